The van der Waals surface area contributed by atoms with Crippen molar-refractivity contribution in [2.45, 2.75) is 38.9 Å². The van der Waals surface area contributed by atoms with Crippen molar-refractivity contribution in [1.82, 2.24) is 10.3 Å². The second-order valence-electron chi connectivity index (χ2n) is 5.90. The van der Waals surface area contributed by atoms with Crippen LogP contribution in [-0.4, -0.2) is 30.7 Å². The lowest BCUT2D eigenvalue weighted by Gasteiger charge is -2.34. The lowest BCUT2D eigenvalue weighted by Crippen LogP contribution is -2.41. The van der Waals surface area contributed by atoms with Gasteiger partial charge >= 0.3 is 6.18 Å². The molecule has 3 nitrogen and oxygen atoms in total. The van der Waals surface area contributed by atoms with Gasteiger partial charge in [0.05, 0.1) is 0 Å². The van der Waals surface area contributed by atoms with Gasteiger partial charge in [0.1, 0.15) is 11.5 Å². The van der Waals surface area contributed by atoms with Gasteiger partial charge in [0, 0.05) is 19.1 Å². The third kappa shape index (κ3) is 4.59. The summed E-state index contributed by atoms with van der Waals surface area (Å²) in [6, 6.07) is 4.53. The van der Waals surface area contributed by atoms with Crippen LogP contribution in [0.1, 0.15) is 32.4 Å². The van der Waals surface area contributed by atoms with E-state index >= 15 is 0 Å². The molecule has 1 atom stereocenters. The maximum Gasteiger partial charge on any atom is 0.433 e. The van der Waals surface area contributed by atoms with E-state index in [9.17, 15) is 13.2 Å². The van der Waals surface area contributed by atoms with E-state index in [2.05, 4.69) is 24.1 Å². The summed E-state index contributed by atoms with van der Waals surface area (Å²) in [4.78, 5) is 5.74. The van der Waals surface area contributed by atoms with Crippen LogP contribution in [0.3, 0.4) is 0 Å². The molecule has 1 saturated heterocycles. The Morgan fingerprint density at radius 3 is 2.81 bits per heavy atom. The van der Waals surface area contributed by atoms with E-state index in [1.807, 2.05) is 4.90 Å². The number of alkyl halides is 3. The molecule has 0 amide bonds. The molecule has 118 valence electrons. The number of halogens is 3. The lowest BCUT2D eigenvalue weighted by atomic mass is 9.97. The van der Waals surface area contributed by atoms with Crippen LogP contribution >= 0.6 is 0 Å². The smallest absolute Gasteiger partial charge is 0.356 e. The highest BCUT2D eigenvalue weighted by Crippen LogP contribution is 2.30. The first kappa shape index (κ1) is 16.1. The molecule has 1 aliphatic rings. The zero-order valence-electron chi connectivity index (χ0n) is 12.5. The molecule has 0 saturated carbocycles. The Bertz CT molecular complexity index is 460. The van der Waals surface area contributed by atoms with E-state index in [1.165, 1.54) is 6.07 Å². The normalized spacial score (nSPS) is 20.1. The highest BCUT2D eigenvalue weighted by Gasteiger charge is 2.33. The second kappa shape index (κ2) is 6.64. The number of pyridine rings is 1. The Balaban J connectivity index is 2.04. The van der Waals surface area contributed by atoms with Crippen molar-refractivity contribution in [3.63, 3.8) is 0 Å². The molecule has 0 spiro atoms. The predicted molar refractivity (Wildman–Crippen MR) is 77.3 cm³/mol. The van der Waals surface area contributed by atoms with Crippen molar-refractivity contribution in [3.05, 3.63) is 23.9 Å². The van der Waals surface area contributed by atoms with Crippen LogP contribution < -0.4 is 10.2 Å². The average molecular weight is 301 g/mol. The number of nitrogens with one attached hydrogen (secondary N) is 1. The van der Waals surface area contributed by atoms with Gasteiger partial charge in [-0.2, -0.15) is 13.2 Å². The summed E-state index contributed by atoms with van der Waals surface area (Å²) in [5.41, 5.74) is -0.817. The SMILES string of the molecule is CC(C)NCC1CCCN(c2cccc(C(F)(F)F)n2)C1. The monoisotopic (exact) mass is 301 g/mol. The van der Waals surface area contributed by atoms with Gasteiger partial charge in [-0.15, -0.1) is 0 Å². The maximum atomic E-state index is 12.7. The van der Waals surface area contributed by atoms with Crippen molar-refractivity contribution < 1.29 is 13.2 Å². The molecule has 2 rings (SSSR count). The number of hydrogen-bond acceptors (Lipinski definition) is 3. The molecule has 1 aliphatic heterocycles. The maximum absolute atomic E-state index is 12.7. The molecule has 1 aromatic rings. The van der Waals surface area contributed by atoms with Crippen molar-refractivity contribution in [2.75, 3.05) is 24.5 Å². The quantitative estimate of drug-likeness (QED) is 0.925. The van der Waals surface area contributed by atoms with Gasteiger partial charge in [0.2, 0.25) is 0 Å². The zero-order valence-corrected chi connectivity index (χ0v) is 12.5. The molecule has 0 aliphatic carbocycles. The molecule has 0 aromatic carbocycles. The fourth-order valence-corrected chi connectivity index (χ4v) is 2.60. The summed E-state index contributed by atoms with van der Waals surface area (Å²) in [7, 11) is 0. The molecule has 6 heteroatoms. The summed E-state index contributed by atoms with van der Waals surface area (Å²) in [6.45, 7) is 6.61. The summed E-state index contributed by atoms with van der Waals surface area (Å²) in [5.74, 6) is 0.886. The number of nitrogens with zero attached hydrogens (tertiary/aromatic N) is 2. The van der Waals surface area contributed by atoms with Gasteiger partial charge < -0.3 is 10.2 Å². The largest absolute Gasteiger partial charge is 0.433 e. The number of aromatic nitrogens is 1. The van der Waals surface area contributed by atoms with Crippen molar-refractivity contribution in [2.24, 2.45) is 5.92 Å². The molecule has 0 bridgehead atoms. The summed E-state index contributed by atoms with van der Waals surface area (Å²) in [5, 5.41) is 3.40. The van der Waals surface area contributed by atoms with Crippen LogP contribution in [0.5, 0.6) is 0 Å². The van der Waals surface area contributed by atoms with Gasteiger partial charge in [-0.1, -0.05) is 19.9 Å². The Hall–Kier alpha value is -1.30. The van der Waals surface area contributed by atoms with Gasteiger partial charge in [0.25, 0.3) is 0 Å². The molecule has 1 unspecified atom stereocenters. The first-order valence-corrected chi connectivity index (χ1v) is 7.39. The van der Waals surface area contributed by atoms with E-state index in [1.54, 1.807) is 6.07 Å². The summed E-state index contributed by atoms with van der Waals surface area (Å²) in [6.07, 6.45) is -2.29. The molecule has 1 N–H and O–H groups in total. The highest BCUT2D eigenvalue weighted by atomic mass is 19.4. The minimum absolute atomic E-state index is 0.423. The minimum atomic E-state index is -4.38. The Labute approximate surface area is 123 Å². The number of anilines is 1. The van der Waals surface area contributed by atoms with Crippen LogP contribution in [0.25, 0.3) is 0 Å². The molecular formula is C15H22F3N3. The van der Waals surface area contributed by atoms with Crippen molar-refractivity contribution in [3.8, 4) is 0 Å². The Morgan fingerprint density at radius 1 is 1.38 bits per heavy atom. The van der Waals surface area contributed by atoms with Crippen LogP contribution in [-0.2, 0) is 6.18 Å². The third-order valence-corrected chi connectivity index (χ3v) is 3.68. The number of piperidine rings is 1. The predicted octanol–water partition coefficient (Wildman–Crippen LogP) is 3.31. The topological polar surface area (TPSA) is 28.2 Å². The Kier molecular flexibility index (Phi) is 5.08. The van der Waals surface area contributed by atoms with E-state index in [0.29, 0.717) is 17.8 Å². The van der Waals surface area contributed by atoms with Gasteiger partial charge in [0.15, 0.2) is 0 Å². The van der Waals surface area contributed by atoms with Crippen molar-refractivity contribution >= 4 is 5.82 Å². The molecular weight excluding hydrogens is 279 g/mol. The van der Waals surface area contributed by atoms with Crippen LogP contribution in [0.15, 0.2) is 18.2 Å². The highest BCUT2D eigenvalue weighted by molar-refractivity contribution is 5.40. The fourth-order valence-electron chi connectivity index (χ4n) is 2.60. The van der Waals surface area contributed by atoms with Crippen LogP contribution in [0.4, 0.5) is 19.0 Å². The van der Waals surface area contributed by atoms with Crippen molar-refractivity contribution in [1.29, 1.82) is 0 Å². The second-order valence-corrected chi connectivity index (χ2v) is 5.90. The zero-order chi connectivity index (χ0) is 15.5. The molecule has 0 radical (unpaired) electrons. The van der Waals surface area contributed by atoms with Crippen LogP contribution in [0.2, 0.25) is 0 Å². The van der Waals surface area contributed by atoms with E-state index in [4.69, 9.17) is 0 Å². The van der Waals surface area contributed by atoms with Gasteiger partial charge in [-0.25, -0.2) is 4.98 Å². The summed E-state index contributed by atoms with van der Waals surface area (Å²) < 4.78 is 38.2. The van der Waals surface area contributed by atoms with Crippen LogP contribution in [0, 0.1) is 5.92 Å². The Morgan fingerprint density at radius 2 is 2.14 bits per heavy atom. The molecule has 1 aromatic heterocycles. The number of rotatable bonds is 4. The van der Waals surface area contributed by atoms with Gasteiger partial charge in [-0.05, 0) is 37.4 Å². The first-order valence-electron chi connectivity index (χ1n) is 7.39. The van der Waals surface area contributed by atoms with E-state index in [0.717, 1.165) is 38.5 Å². The molecule has 21 heavy (non-hydrogen) atoms. The van der Waals surface area contributed by atoms with E-state index in [-0.39, 0.29) is 0 Å². The van der Waals surface area contributed by atoms with E-state index < -0.39 is 11.9 Å². The number of hydrogen-bond donors (Lipinski definition) is 1. The first-order chi connectivity index (χ1) is 9.86. The molecule has 2 heterocycles. The minimum Gasteiger partial charge on any atom is -0.356 e. The third-order valence-electron chi connectivity index (χ3n) is 3.68. The fraction of sp³-hybridized carbons (Fsp3) is 0.667. The average Bonchev–Trinajstić information content (AvgIpc) is 2.45. The summed E-state index contributed by atoms with van der Waals surface area (Å²) >= 11 is 0. The molecule has 1 fully saturated rings. The lowest BCUT2D eigenvalue weighted by molar-refractivity contribution is -0.141. The van der Waals surface area contributed by atoms with Gasteiger partial charge in [-0.3, -0.25) is 0 Å². The standard InChI is InChI=1S/C15H22F3N3/c1-11(2)19-9-12-5-4-8-21(10-12)14-7-3-6-13(20-14)15(16,17)18/h3,6-7,11-12,19H,4-5,8-10H2,1-2H3.